The summed E-state index contributed by atoms with van der Waals surface area (Å²) in [5.41, 5.74) is 1.37. The minimum Gasteiger partial charge on any atom is -0.357 e. The molecule has 1 aromatic carbocycles. The number of carbonyl (C=O) groups excluding carboxylic acids is 2. The van der Waals surface area contributed by atoms with Crippen LogP contribution >= 0.6 is 11.3 Å². The Bertz CT molecular complexity index is 850. The van der Waals surface area contributed by atoms with Crippen LogP contribution in [0.3, 0.4) is 0 Å². The van der Waals surface area contributed by atoms with Crippen LogP contribution in [0, 0.1) is 17.6 Å². The third-order valence-corrected chi connectivity index (χ3v) is 5.85. The molecule has 4 nitrogen and oxygen atoms in total. The molecule has 1 aliphatic carbocycles. The molecule has 0 spiro atoms. The van der Waals surface area contributed by atoms with Crippen molar-refractivity contribution in [2.24, 2.45) is 5.92 Å². The number of hydrogen-bond donors (Lipinski definition) is 2. The van der Waals surface area contributed by atoms with Crippen molar-refractivity contribution in [2.45, 2.75) is 32.2 Å². The Morgan fingerprint density at radius 3 is 2.69 bits per heavy atom. The monoisotopic (exact) mass is 378 g/mol. The average Bonchev–Trinajstić information content (AvgIpc) is 3.04. The molecule has 0 aliphatic heterocycles. The molecule has 0 radical (unpaired) electrons. The molecule has 1 aliphatic rings. The van der Waals surface area contributed by atoms with Crippen LogP contribution in [0.4, 0.5) is 8.78 Å². The molecule has 0 saturated carbocycles. The molecule has 7 heteroatoms. The van der Waals surface area contributed by atoms with E-state index in [4.69, 9.17) is 0 Å². The van der Waals surface area contributed by atoms with E-state index in [-0.39, 0.29) is 5.56 Å². The van der Waals surface area contributed by atoms with Crippen LogP contribution in [0.15, 0.2) is 24.3 Å². The van der Waals surface area contributed by atoms with Gasteiger partial charge in [0.2, 0.25) is 5.91 Å². The van der Waals surface area contributed by atoms with Gasteiger partial charge in [0.05, 0.1) is 4.88 Å². The third-order valence-electron chi connectivity index (χ3n) is 4.61. The summed E-state index contributed by atoms with van der Waals surface area (Å²) < 4.78 is 26.7. The largest absolute Gasteiger partial charge is 0.357 e. The van der Waals surface area contributed by atoms with Crippen LogP contribution in [-0.4, -0.2) is 18.9 Å². The Balaban J connectivity index is 1.84. The van der Waals surface area contributed by atoms with E-state index in [1.165, 1.54) is 34.9 Å². The number of amides is 2. The second kappa shape index (κ2) is 7.53. The summed E-state index contributed by atoms with van der Waals surface area (Å²) in [5, 5.41) is 5.08. The first kappa shape index (κ1) is 18.5. The smallest absolute Gasteiger partial charge is 0.262 e. The minimum atomic E-state index is -1.10. The van der Waals surface area contributed by atoms with Crippen molar-refractivity contribution >= 4 is 23.2 Å². The van der Waals surface area contributed by atoms with Crippen LogP contribution in [0.5, 0.6) is 0 Å². The molecule has 2 atom stereocenters. The standard InChI is InChI=1S/C19H20F2N2O2S/c1-10-3-6-15-12(7-10)9-16(26-15)18(24)23-17(19(25)22-2)11-4-5-13(20)14(21)8-11/h4-5,8-10,17H,3,6-7H2,1-2H3,(H,22,25)(H,23,24). The van der Waals surface area contributed by atoms with E-state index in [0.29, 0.717) is 10.8 Å². The second-order valence-corrected chi connectivity index (χ2v) is 7.74. The van der Waals surface area contributed by atoms with Crippen molar-refractivity contribution < 1.29 is 18.4 Å². The third kappa shape index (κ3) is 3.77. The van der Waals surface area contributed by atoms with Gasteiger partial charge in [0.25, 0.3) is 5.91 Å². The fourth-order valence-electron chi connectivity index (χ4n) is 3.16. The number of fused-ring (bicyclic) bond motifs is 1. The van der Waals surface area contributed by atoms with Crippen molar-refractivity contribution in [1.82, 2.24) is 10.6 Å². The molecule has 2 N–H and O–H groups in total. The van der Waals surface area contributed by atoms with Gasteiger partial charge in [-0.2, -0.15) is 0 Å². The number of aryl methyl sites for hydroxylation is 1. The van der Waals surface area contributed by atoms with E-state index < -0.39 is 29.5 Å². The highest BCUT2D eigenvalue weighted by atomic mass is 32.1. The Kier molecular flexibility index (Phi) is 5.36. The van der Waals surface area contributed by atoms with E-state index in [2.05, 4.69) is 17.6 Å². The van der Waals surface area contributed by atoms with Gasteiger partial charge in [-0.1, -0.05) is 13.0 Å². The maximum absolute atomic E-state index is 13.5. The maximum Gasteiger partial charge on any atom is 0.262 e. The highest BCUT2D eigenvalue weighted by molar-refractivity contribution is 7.14. The predicted octanol–water partition coefficient (Wildman–Crippen LogP) is 3.37. The van der Waals surface area contributed by atoms with Gasteiger partial charge in [0, 0.05) is 11.9 Å². The topological polar surface area (TPSA) is 58.2 Å². The number of benzene rings is 1. The summed E-state index contributed by atoms with van der Waals surface area (Å²) in [6.45, 7) is 2.19. The fraction of sp³-hybridized carbons (Fsp3) is 0.368. The lowest BCUT2D eigenvalue weighted by Gasteiger charge is -2.17. The SMILES string of the molecule is CNC(=O)C(NC(=O)c1cc2c(s1)CCC(C)C2)c1ccc(F)c(F)c1. The van der Waals surface area contributed by atoms with Crippen LogP contribution in [-0.2, 0) is 17.6 Å². The van der Waals surface area contributed by atoms with Crippen molar-refractivity contribution in [1.29, 1.82) is 0 Å². The average molecular weight is 378 g/mol. The molecule has 1 aromatic heterocycles. The summed E-state index contributed by atoms with van der Waals surface area (Å²) in [6.07, 6.45) is 3.00. The first-order valence-electron chi connectivity index (χ1n) is 8.48. The molecule has 2 unspecified atom stereocenters. The van der Waals surface area contributed by atoms with Crippen molar-refractivity contribution in [3.8, 4) is 0 Å². The van der Waals surface area contributed by atoms with E-state index in [1.54, 1.807) is 0 Å². The number of carbonyl (C=O) groups is 2. The van der Waals surface area contributed by atoms with Crippen molar-refractivity contribution in [2.75, 3.05) is 7.05 Å². The minimum absolute atomic E-state index is 0.187. The molecule has 0 bridgehead atoms. The summed E-state index contributed by atoms with van der Waals surface area (Å²) >= 11 is 1.43. The zero-order valence-electron chi connectivity index (χ0n) is 14.6. The van der Waals surface area contributed by atoms with Gasteiger partial charge < -0.3 is 10.6 Å². The highest BCUT2D eigenvalue weighted by Gasteiger charge is 2.26. The number of rotatable bonds is 4. The van der Waals surface area contributed by atoms with Gasteiger partial charge in [0.1, 0.15) is 6.04 Å². The molecular weight excluding hydrogens is 358 g/mol. The Labute approximate surface area is 154 Å². The van der Waals surface area contributed by atoms with Gasteiger partial charge in [-0.05, 0) is 54.5 Å². The first-order chi connectivity index (χ1) is 12.4. The summed E-state index contributed by atoms with van der Waals surface area (Å²) in [7, 11) is 1.42. The van der Waals surface area contributed by atoms with Crippen molar-refractivity contribution in [3.05, 3.63) is 56.8 Å². The zero-order valence-corrected chi connectivity index (χ0v) is 15.4. The van der Waals surface area contributed by atoms with E-state index in [9.17, 15) is 18.4 Å². The molecule has 3 rings (SSSR count). The number of likely N-dealkylation sites (N-methyl/N-ethyl adjacent to an activating group) is 1. The van der Waals surface area contributed by atoms with Gasteiger partial charge >= 0.3 is 0 Å². The normalized spacial score (nSPS) is 17.3. The number of thiophene rings is 1. The maximum atomic E-state index is 13.5. The van der Waals surface area contributed by atoms with Gasteiger partial charge in [-0.25, -0.2) is 8.78 Å². The summed E-state index contributed by atoms with van der Waals surface area (Å²) in [5.74, 6) is -2.37. The number of hydrogen-bond acceptors (Lipinski definition) is 3. The second-order valence-electron chi connectivity index (χ2n) is 6.60. The summed E-state index contributed by atoms with van der Waals surface area (Å²) in [6, 6.07) is 3.94. The Morgan fingerprint density at radius 2 is 2.00 bits per heavy atom. The summed E-state index contributed by atoms with van der Waals surface area (Å²) in [4.78, 5) is 26.6. The van der Waals surface area contributed by atoms with Crippen LogP contribution in [0.1, 0.15) is 45.1 Å². The number of nitrogens with one attached hydrogen (secondary N) is 2. The van der Waals surface area contributed by atoms with Gasteiger partial charge in [-0.3, -0.25) is 9.59 Å². The Hall–Kier alpha value is -2.28. The van der Waals surface area contributed by atoms with Crippen LogP contribution < -0.4 is 10.6 Å². The van der Waals surface area contributed by atoms with Crippen LogP contribution in [0.2, 0.25) is 0 Å². The Morgan fingerprint density at radius 1 is 1.23 bits per heavy atom. The fourth-order valence-corrected chi connectivity index (χ4v) is 4.27. The molecule has 138 valence electrons. The predicted molar refractivity (Wildman–Crippen MR) is 96.1 cm³/mol. The lowest BCUT2D eigenvalue weighted by atomic mass is 9.90. The van der Waals surface area contributed by atoms with E-state index in [0.717, 1.165) is 31.4 Å². The zero-order chi connectivity index (χ0) is 18.8. The molecule has 0 saturated heterocycles. The lowest BCUT2D eigenvalue weighted by Crippen LogP contribution is -2.38. The number of halogens is 2. The first-order valence-corrected chi connectivity index (χ1v) is 9.29. The van der Waals surface area contributed by atoms with Crippen molar-refractivity contribution in [3.63, 3.8) is 0 Å². The highest BCUT2D eigenvalue weighted by Crippen LogP contribution is 2.32. The van der Waals surface area contributed by atoms with Gasteiger partial charge in [-0.15, -0.1) is 11.3 Å². The molecule has 1 heterocycles. The van der Waals surface area contributed by atoms with E-state index >= 15 is 0 Å². The van der Waals surface area contributed by atoms with Gasteiger partial charge in [0.15, 0.2) is 11.6 Å². The molecular formula is C19H20F2N2O2S. The van der Waals surface area contributed by atoms with Crippen LogP contribution in [0.25, 0.3) is 0 Å². The quantitative estimate of drug-likeness (QED) is 0.857. The molecule has 2 aromatic rings. The molecule has 2 amide bonds. The molecule has 26 heavy (non-hydrogen) atoms. The lowest BCUT2D eigenvalue weighted by molar-refractivity contribution is -0.122. The van der Waals surface area contributed by atoms with E-state index in [1.807, 2.05) is 6.07 Å². The molecule has 0 fully saturated rings.